The van der Waals surface area contributed by atoms with Crippen LogP contribution in [0, 0.1) is 0 Å². The average Bonchev–Trinajstić information content (AvgIpc) is 2.54. The molecule has 0 saturated heterocycles. The van der Waals surface area contributed by atoms with Crippen LogP contribution in [0.4, 0.5) is 0 Å². The summed E-state index contributed by atoms with van der Waals surface area (Å²) in [5.41, 5.74) is 5.59. The van der Waals surface area contributed by atoms with Gasteiger partial charge in [-0.15, -0.1) is 11.3 Å². The van der Waals surface area contributed by atoms with Crippen LogP contribution in [0.25, 0.3) is 0 Å². The van der Waals surface area contributed by atoms with Gasteiger partial charge in [-0.1, -0.05) is 6.92 Å². The minimum atomic E-state index is -3.09. The maximum Gasteiger partial charge on any atom is 0.158 e. The average molecular weight is 234 g/mol. The molecule has 1 unspecified atom stereocenters. The number of hydrogen-bond acceptors (Lipinski definition) is 5. The van der Waals surface area contributed by atoms with Crippen LogP contribution in [-0.4, -0.2) is 25.2 Å². The number of nitrogens with zero attached hydrogens (tertiary/aromatic N) is 1. The summed E-state index contributed by atoms with van der Waals surface area (Å²) in [6.45, 7) is 1.88. The first kappa shape index (κ1) is 11.6. The smallest absolute Gasteiger partial charge is 0.158 e. The quantitative estimate of drug-likeness (QED) is 0.817. The number of thiazole rings is 1. The van der Waals surface area contributed by atoms with Gasteiger partial charge in [0.1, 0.15) is 10.8 Å². The van der Waals surface area contributed by atoms with Crippen molar-refractivity contribution in [2.24, 2.45) is 5.73 Å². The minimum Gasteiger partial charge on any atom is -0.327 e. The molecule has 1 aromatic rings. The van der Waals surface area contributed by atoms with E-state index in [1.165, 1.54) is 11.3 Å². The summed E-state index contributed by atoms with van der Waals surface area (Å²) < 4.78 is 23.1. The lowest BCUT2D eigenvalue weighted by Gasteiger charge is -2.07. The molecule has 0 radical (unpaired) electrons. The van der Waals surface area contributed by atoms with E-state index < -0.39 is 9.84 Å². The SMILES string of the molecule is CCC(N)CS(=O)(=O)Cc1nccs1. The standard InChI is InChI=1S/C8H14N2O2S2/c1-2-7(9)5-14(11,12)6-8-10-3-4-13-8/h3-4,7H,2,5-6,9H2,1H3. The zero-order valence-corrected chi connectivity index (χ0v) is 9.64. The molecule has 0 spiro atoms. The maximum absolute atomic E-state index is 11.6. The Bertz CT molecular complexity index is 359. The van der Waals surface area contributed by atoms with Crippen LogP contribution in [0.2, 0.25) is 0 Å². The van der Waals surface area contributed by atoms with Gasteiger partial charge in [-0.3, -0.25) is 0 Å². The van der Waals surface area contributed by atoms with Crippen LogP contribution in [0.15, 0.2) is 11.6 Å². The Balaban J connectivity index is 2.59. The van der Waals surface area contributed by atoms with Gasteiger partial charge in [0, 0.05) is 17.6 Å². The van der Waals surface area contributed by atoms with Crippen molar-refractivity contribution >= 4 is 21.2 Å². The second kappa shape index (κ2) is 4.86. The lowest BCUT2D eigenvalue weighted by molar-refractivity contribution is 0.583. The molecule has 0 aliphatic carbocycles. The largest absolute Gasteiger partial charge is 0.327 e. The van der Waals surface area contributed by atoms with Gasteiger partial charge >= 0.3 is 0 Å². The fraction of sp³-hybridized carbons (Fsp3) is 0.625. The first-order chi connectivity index (χ1) is 6.53. The molecule has 4 nitrogen and oxygen atoms in total. The van der Waals surface area contributed by atoms with E-state index in [2.05, 4.69) is 4.98 Å². The summed E-state index contributed by atoms with van der Waals surface area (Å²) >= 11 is 1.35. The molecule has 0 aromatic carbocycles. The molecule has 0 saturated carbocycles. The van der Waals surface area contributed by atoms with E-state index in [0.29, 0.717) is 11.4 Å². The van der Waals surface area contributed by atoms with Gasteiger partial charge in [0.15, 0.2) is 9.84 Å². The Hall–Kier alpha value is -0.460. The maximum atomic E-state index is 11.6. The summed E-state index contributed by atoms with van der Waals surface area (Å²) in [5, 5.41) is 2.40. The number of rotatable bonds is 5. The van der Waals surface area contributed by atoms with Gasteiger partial charge < -0.3 is 5.73 Å². The van der Waals surface area contributed by atoms with Crippen LogP contribution in [0.3, 0.4) is 0 Å². The van der Waals surface area contributed by atoms with E-state index >= 15 is 0 Å². The van der Waals surface area contributed by atoms with Crippen molar-refractivity contribution in [2.75, 3.05) is 5.75 Å². The minimum absolute atomic E-state index is 0.0123. The van der Waals surface area contributed by atoms with Gasteiger partial charge in [-0.25, -0.2) is 13.4 Å². The summed E-state index contributed by atoms with van der Waals surface area (Å²) in [6.07, 6.45) is 2.28. The van der Waals surface area contributed by atoms with Crippen molar-refractivity contribution in [1.29, 1.82) is 0 Å². The predicted molar refractivity (Wildman–Crippen MR) is 57.9 cm³/mol. The summed E-state index contributed by atoms with van der Waals surface area (Å²) in [6, 6.07) is -0.264. The summed E-state index contributed by atoms with van der Waals surface area (Å²) in [5.74, 6) is 0.0570. The van der Waals surface area contributed by atoms with Crippen molar-refractivity contribution in [3.05, 3.63) is 16.6 Å². The lowest BCUT2D eigenvalue weighted by Crippen LogP contribution is -2.29. The Morgan fingerprint density at radius 2 is 2.36 bits per heavy atom. The van der Waals surface area contributed by atoms with Crippen molar-refractivity contribution < 1.29 is 8.42 Å². The van der Waals surface area contributed by atoms with Gasteiger partial charge in [0.2, 0.25) is 0 Å². The van der Waals surface area contributed by atoms with Crippen molar-refractivity contribution in [3.8, 4) is 0 Å². The number of hydrogen-bond donors (Lipinski definition) is 1. The zero-order chi connectivity index (χ0) is 10.6. The highest BCUT2D eigenvalue weighted by Gasteiger charge is 2.16. The molecule has 0 aliphatic heterocycles. The van der Waals surface area contributed by atoms with Gasteiger partial charge in [0.05, 0.1) is 5.75 Å². The first-order valence-corrected chi connectivity index (χ1v) is 7.08. The molecular weight excluding hydrogens is 220 g/mol. The summed E-state index contributed by atoms with van der Waals surface area (Å²) in [4.78, 5) is 3.93. The molecule has 1 atom stereocenters. The first-order valence-electron chi connectivity index (χ1n) is 4.38. The molecule has 1 aromatic heterocycles. The zero-order valence-electron chi connectivity index (χ0n) is 8.01. The van der Waals surface area contributed by atoms with Crippen LogP contribution in [0.5, 0.6) is 0 Å². The molecule has 6 heteroatoms. The van der Waals surface area contributed by atoms with E-state index in [-0.39, 0.29) is 17.5 Å². The molecule has 0 bridgehead atoms. The molecular formula is C8H14N2O2S2. The molecule has 0 fully saturated rings. The van der Waals surface area contributed by atoms with Crippen molar-refractivity contribution in [2.45, 2.75) is 25.1 Å². The Kier molecular flexibility index (Phi) is 4.03. The number of sulfone groups is 1. The third kappa shape index (κ3) is 3.73. The van der Waals surface area contributed by atoms with Crippen molar-refractivity contribution in [3.63, 3.8) is 0 Å². The topological polar surface area (TPSA) is 73.1 Å². The third-order valence-electron chi connectivity index (χ3n) is 1.82. The predicted octanol–water partition coefficient (Wildman–Crippen LogP) is 0.795. The molecule has 14 heavy (non-hydrogen) atoms. The second-order valence-corrected chi connectivity index (χ2v) is 6.24. The van der Waals surface area contributed by atoms with Crippen LogP contribution in [0.1, 0.15) is 18.4 Å². The van der Waals surface area contributed by atoms with E-state index in [0.717, 1.165) is 0 Å². The van der Waals surface area contributed by atoms with Gasteiger partial charge in [-0.05, 0) is 6.42 Å². The normalized spacial score (nSPS) is 14.1. The van der Waals surface area contributed by atoms with Crippen molar-refractivity contribution in [1.82, 2.24) is 4.98 Å². The fourth-order valence-corrected chi connectivity index (χ4v) is 3.68. The molecule has 0 aliphatic rings. The van der Waals surface area contributed by atoms with Gasteiger partial charge in [-0.2, -0.15) is 0 Å². The monoisotopic (exact) mass is 234 g/mol. The van der Waals surface area contributed by atoms with E-state index in [1.807, 2.05) is 6.92 Å². The highest BCUT2D eigenvalue weighted by atomic mass is 32.2. The molecule has 2 N–H and O–H groups in total. The van der Waals surface area contributed by atoms with Gasteiger partial charge in [0.25, 0.3) is 0 Å². The molecule has 1 heterocycles. The van der Waals surface area contributed by atoms with Crippen LogP contribution < -0.4 is 5.73 Å². The van der Waals surface area contributed by atoms with E-state index in [1.54, 1.807) is 11.6 Å². The highest BCUT2D eigenvalue weighted by molar-refractivity contribution is 7.90. The molecule has 80 valence electrons. The lowest BCUT2D eigenvalue weighted by atomic mass is 10.3. The Morgan fingerprint density at radius 1 is 1.64 bits per heavy atom. The fourth-order valence-electron chi connectivity index (χ4n) is 1.02. The second-order valence-electron chi connectivity index (χ2n) is 3.15. The highest BCUT2D eigenvalue weighted by Crippen LogP contribution is 2.10. The number of aromatic nitrogens is 1. The van der Waals surface area contributed by atoms with E-state index in [9.17, 15) is 8.42 Å². The van der Waals surface area contributed by atoms with E-state index in [4.69, 9.17) is 5.73 Å². The molecule has 0 amide bonds. The Morgan fingerprint density at radius 3 is 2.86 bits per heavy atom. The Labute approximate surface area is 88.1 Å². The van der Waals surface area contributed by atoms with Crippen LogP contribution >= 0.6 is 11.3 Å². The number of nitrogens with two attached hydrogens (primary N) is 1. The van der Waals surface area contributed by atoms with Crippen LogP contribution in [-0.2, 0) is 15.6 Å². The molecule has 1 rings (SSSR count). The third-order valence-corrected chi connectivity index (χ3v) is 4.43. The summed E-state index contributed by atoms with van der Waals surface area (Å²) in [7, 11) is -3.09.